The van der Waals surface area contributed by atoms with Gasteiger partial charge in [0.1, 0.15) is 0 Å². The van der Waals surface area contributed by atoms with Gasteiger partial charge in [-0.3, -0.25) is 14.8 Å². The molecule has 2 heterocycles. The second kappa shape index (κ2) is 8.62. The number of hydrogen-bond acceptors (Lipinski definition) is 6. The van der Waals surface area contributed by atoms with E-state index in [2.05, 4.69) is 14.3 Å². The van der Waals surface area contributed by atoms with Crippen LogP contribution in [0.1, 0.15) is 18.5 Å². The van der Waals surface area contributed by atoms with Crippen LogP contribution in [0.2, 0.25) is 10.0 Å². The van der Waals surface area contributed by atoms with E-state index in [0.29, 0.717) is 10.6 Å². The van der Waals surface area contributed by atoms with Crippen molar-refractivity contribution < 1.29 is 27.3 Å². The fourth-order valence-electron chi connectivity index (χ4n) is 2.96. The minimum absolute atomic E-state index is 0.0436. The number of aliphatic hydroxyl groups is 1. The summed E-state index contributed by atoms with van der Waals surface area (Å²) in [6.45, 7) is 0. The summed E-state index contributed by atoms with van der Waals surface area (Å²) in [5.74, 6) is -1.61. The Hall–Kier alpha value is -1.79. The first-order valence-corrected chi connectivity index (χ1v) is 11.5. The molecule has 1 aliphatic heterocycles. The fourth-order valence-corrected chi connectivity index (χ4v) is 5.55. The number of carbonyl (C=O) groups is 1. The van der Waals surface area contributed by atoms with E-state index < -0.39 is 51.3 Å². The molecule has 0 saturated carbocycles. The van der Waals surface area contributed by atoms with E-state index in [1.807, 2.05) is 0 Å². The van der Waals surface area contributed by atoms with Gasteiger partial charge in [0.15, 0.2) is 0 Å². The molecule has 168 valence electrons. The van der Waals surface area contributed by atoms with E-state index in [9.17, 15) is 27.3 Å². The molecule has 7 nitrogen and oxygen atoms in total. The number of nitrogens with zero attached hydrogens (tertiary/aromatic N) is 3. The Bertz CT molecular complexity index is 1120. The predicted octanol–water partition coefficient (Wildman–Crippen LogP) is 3.32. The van der Waals surface area contributed by atoms with E-state index in [-0.39, 0.29) is 22.9 Å². The molecule has 3 rings (SSSR count). The number of aromatic nitrogens is 2. The Morgan fingerprint density at radius 3 is 2.48 bits per heavy atom. The van der Waals surface area contributed by atoms with E-state index in [4.69, 9.17) is 28.9 Å². The summed E-state index contributed by atoms with van der Waals surface area (Å²) in [4.78, 5) is 19.3. The van der Waals surface area contributed by atoms with Gasteiger partial charge in [0.2, 0.25) is 5.60 Å². The van der Waals surface area contributed by atoms with Crippen LogP contribution in [0, 0.1) is 0 Å². The van der Waals surface area contributed by atoms with Gasteiger partial charge < -0.3 is 10.8 Å². The molecule has 1 aliphatic rings. The summed E-state index contributed by atoms with van der Waals surface area (Å²) in [5.41, 5.74) is 1.83. The summed E-state index contributed by atoms with van der Waals surface area (Å²) in [7, 11) is -3.28. The Labute approximate surface area is 186 Å². The highest BCUT2D eigenvalue weighted by Crippen LogP contribution is 2.41. The van der Waals surface area contributed by atoms with E-state index in [0.717, 1.165) is 12.4 Å². The molecule has 31 heavy (non-hydrogen) atoms. The Balaban J connectivity index is 1.91. The van der Waals surface area contributed by atoms with Gasteiger partial charge in [-0.2, -0.15) is 17.5 Å². The van der Waals surface area contributed by atoms with Gasteiger partial charge in [0.05, 0.1) is 44.6 Å². The fraction of sp³-hybridized carbons (Fsp3) is 0.389. The van der Waals surface area contributed by atoms with Crippen LogP contribution in [-0.4, -0.2) is 48.9 Å². The maximum absolute atomic E-state index is 13.8. The smallest absolute Gasteiger partial charge is 0.375 e. The van der Waals surface area contributed by atoms with Crippen LogP contribution in [-0.2, 0) is 20.1 Å². The van der Waals surface area contributed by atoms with Gasteiger partial charge in [-0.25, -0.2) is 4.21 Å². The molecule has 1 unspecified atom stereocenters. The van der Waals surface area contributed by atoms with Crippen LogP contribution in [0.4, 0.5) is 13.2 Å². The molecule has 0 radical (unpaired) electrons. The molecular formula is C18H17Cl2F3N4O3S. The number of rotatable bonds is 5. The normalized spacial score (nSPS) is 23.8. The lowest BCUT2D eigenvalue weighted by Crippen LogP contribution is -2.45. The average Bonchev–Trinajstić information content (AvgIpc) is 2.69. The van der Waals surface area contributed by atoms with Crippen molar-refractivity contribution in [3.8, 4) is 11.3 Å². The number of benzene rings is 1. The van der Waals surface area contributed by atoms with Crippen molar-refractivity contribution in [2.45, 2.75) is 30.7 Å². The number of amides is 1. The molecule has 0 saturated heterocycles. The lowest BCUT2D eigenvalue weighted by atomic mass is 9.96. The third kappa shape index (κ3) is 5.01. The van der Waals surface area contributed by atoms with Crippen molar-refractivity contribution in [1.29, 1.82) is 0 Å². The van der Waals surface area contributed by atoms with Gasteiger partial charge in [0, 0.05) is 28.5 Å². The van der Waals surface area contributed by atoms with Crippen molar-refractivity contribution >= 4 is 38.8 Å². The lowest BCUT2D eigenvalue weighted by molar-refractivity contribution is -0.269. The third-order valence-corrected chi connectivity index (χ3v) is 7.63. The Kier molecular flexibility index (Phi) is 6.64. The molecule has 1 aromatic carbocycles. The van der Waals surface area contributed by atoms with Crippen LogP contribution in [0.15, 0.2) is 35.0 Å². The van der Waals surface area contributed by atoms with Gasteiger partial charge in [-0.05, 0) is 24.6 Å². The first-order valence-electron chi connectivity index (χ1n) is 8.94. The van der Waals surface area contributed by atoms with Crippen molar-refractivity contribution in [1.82, 2.24) is 9.97 Å². The third-order valence-electron chi connectivity index (χ3n) is 4.86. The first kappa shape index (κ1) is 23.9. The zero-order valence-corrected chi connectivity index (χ0v) is 18.1. The van der Waals surface area contributed by atoms with Gasteiger partial charge in [0.25, 0.3) is 5.91 Å². The molecule has 3 N–H and O–H groups in total. The molecule has 13 heteroatoms. The molecule has 0 bridgehead atoms. The molecular weight excluding hydrogens is 480 g/mol. The van der Waals surface area contributed by atoms with Crippen LogP contribution in [0.25, 0.3) is 11.3 Å². The Morgan fingerprint density at radius 1 is 1.23 bits per heavy atom. The summed E-state index contributed by atoms with van der Waals surface area (Å²) in [5, 5.41) is 11.1. The van der Waals surface area contributed by atoms with Gasteiger partial charge >= 0.3 is 6.18 Å². The monoisotopic (exact) mass is 496 g/mol. The van der Waals surface area contributed by atoms with E-state index >= 15 is 0 Å². The van der Waals surface area contributed by atoms with Gasteiger partial charge in [-0.15, -0.1) is 0 Å². The summed E-state index contributed by atoms with van der Waals surface area (Å²) in [6.07, 6.45) is -4.31. The molecule has 0 spiro atoms. The standard InChI is InChI=1S/C18H17Cl2F3N4O3S/c19-10-1-2-11(12(20)7-10)14-8-26-15(9-25-14)17(29,18(21,22)23)4-6-31(30)5-3-13(24)16(28)27-31/h1-2,7-9,13,29H,3-6,24H2/t13-,17+,31?/m0/s1. The highest BCUT2D eigenvalue weighted by atomic mass is 35.5. The maximum atomic E-state index is 13.8. The SMILES string of the molecule is N[C@H]1CCS(=O)(CC[C@@](O)(c2cnc(-c3ccc(Cl)cc3Cl)cn2)C(F)(F)F)=NC1=O. The minimum Gasteiger partial charge on any atom is -0.375 e. The highest BCUT2D eigenvalue weighted by Gasteiger charge is 2.56. The van der Waals surface area contributed by atoms with Crippen molar-refractivity contribution in [2.24, 2.45) is 10.1 Å². The zero-order valence-electron chi connectivity index (χ0n) is 15.8. The maximum Gasteiger partial charge on any atom is 0.423 e. The molecule has 1 aromatic heterocycles. The quantitative estimate of drug-likeness (QED) is 0.655. The number of nitrogens with two attached hydrogens (primary N) is 1. The summed E-state index contributed by atoms with van der Waals surface area (Å²) < 4.78 is 57.5. The largest absolute Gasteiger partial charge is 0.423 e. The van der Waals surface area contributed by atoms with Crippen molar-refractivity contribution in [3.63, 3.8) is 0 Å². The number of alkyl halides is 3. The summed E-state index contributed by atoms with van der Waals surface area (Å²) in [6, 6.07) is 3.58. The van der Waals surface area contributed by atoms with E-state index in [1.165, 1.54) is 18.2 Å². The second-order valence-corrected chi connectivity index (χ2v) is 10.4. The number of halogens is 5. The number of hydrogen-bond donors (Lipinski definition) is 2. The topological polar surface area (TPSA) is 119 Å². The highest BCUT2D eigenvalue weighted by molar-refractivity contribution is 7.93. The predicted molar refractivity (Wildman–Crippen MR) is 110 cm³/mol. The summed E-state index contributed by atoms with van der Waals surface area (Å²) >= 11 is 11.9. The average molecular weight is 497 g/mol. The molecule has 3 atom stereocenters. The molecule has 0 fully saturated rings. The minimum atomic E-state index is -5.15. The Morgan fingerprint density at radius 2 is 1.94 bits per heavy atom. The van der Waals surface area contributed by atoms with Crippen LogP contribution >= 0.6 is 23.2 Å². The first-order chi connectivity index (χ1) is 14.3. The van der Waals surface area contributed by atoms with Crippen LogP contribution < -0.4 is 5.73 Å². The molecule has 1 amide bonds. The van der Waals surface area contributed by atoms with Crippen molar-refractivity contribution in [3.05, 3.63) is 46.3 Å². The lowest BCUT2D eigenvalue weighted by Gasteiger charge is -2.30. The number of carbonyl (C=O) groups excluding carboxylic acids is 1. The zero-order chi connectivity index (χ0) is 23.0. The van der Waals surface area contributed by atoms with Crippen LogP contribution in [0.5, 0.6) is 0 Å². The molecule has 2 aromatic rings. The van der Waals surface area contributed by atoms with Gasteiger partial charge in [-0.1, -0.05) is 23.2 Å². The van der Waals surface area contributed by atoms with Crippen molar-refractivity contribution in [2.75, 3.05) is 11.5 Å². The molecule has 0 aliphatic carbocycles. The second-order valence-electron chi connectivity index (χ2n) is 7.02. The van der Waals surface area contributed by atoms with Crippen LogP contribution in [0.3, 0.4) is 0 Å². The van der Waals surface area contributed by atoms with E-state index in [1.54, 1.807) is 0 Å².